The minimum Gasteiger partial charge on any atom is -0.484 e. The topological polar surface area (TPSA) is 148 Å². The number of hydrogen-bond acceptors (Lipinski definition) is 8. The molecule has 0 bridgehead atoms. The van der Waals surface area contributed by atoms with E-state index in [1.807, 2.05) is 27.7 Å². The first-order valence-electron chi connectivity index (χ1n) is 13.1. The van der Waals surface area contributed by atoms with Gasteiger partial charge in [0.05, 0.1) is 16.9 Å². The Bertz CT molecular complexity index is 1030. The van der Waals surface area contributed by atoms with Crippen LogP contribution in [0, 0.1) is 29.1 Å². The lowest BCUT2D eigenvalue weighted by atomic mass is 9.55. The van der Waals surface area contributed by atoms with Gasteiger partial charge >= 0.3 is 0 Å². The number of amides is 2. The van der Waals surface area contributed by atoms with Crippen LogP contribution in [0.25, 0.3) is 0 Å². The molecule has 1 aromatic carbocycles. The monoisotopic (exact) mass is 547 g/mol. The highest BCUT2D eigenvalue weighted by atomic mass is 32.1. The third-order valence-electron chi connectivity index (χ3n) is 6.85. The first kappa shape index (κ1) is 31.5. The molecule has 2 rings (SSSR count). The Morgan fingerprint density at radius 3 is 2.21 bits per heavy atom. The van der Waals surface area contributed by atoms with Gasteiger partial charge in [0.1, 0.15) is 17.2 Å². The second-order valence-electron chi connectivity index (χ2n) is 11.1. The number of Topliss-reactive ketones (excluding diaryl/α,β-unsaturated/α-hetero) is 2. The van der Waals surface area contributed by atoms with Crippen LogP contribution in [0.3, 0.4) is 0 Å². The summed E-state index contributed by atoms with van der Waals surface area (Å²) in [7, 11) is 0. The molecule has 1 aliphatic rings. The Labute approximate surface area is 230 Å². The minimum atomic E-state index is -2.00. The first-order valence-corrected chi connectivity index (χ1v) is 13.5. The quantitative estimate of drug-likeness (QED) is 0.229. The van der Waals surface area contributed by atoms with Crippen molar-refractivity contribution in [2.75, 3.05) is 13.2 Å². The molecule has 10 heteroatoms. The van der Waals surface area contributed by atoms with Gasteiger partial charge in [0.2, 0.25) is 5.91 Å². The molecule has 5 N–H and O–H groups in total. The van der Waals surface area contributed by atoms with Gasteiger partial charge in [0.15, 0.2) is 18.2 Å². The number of carbonyl (C=O) groups is 4. The van der Waals surface area contributed by atoms with Gasteiger partial charge < -0.3 is 26.2 Å². The SMILES string of the molecule is CC(C)CNC(=O)[C@]1(C(C)C)C(=O)C(NC(=O)COc2ccccc2)C(=S)C(=O)C1[C@H](O)[C@@H](N)CC(C)C. The van der Waals surface area contributed by atoms with E-state index in [0.29, 0.717) is 12.2 Å². The number of ether oxygens (including phenoxy) is 1. The molecule has 1 saturated carbocycles. The van der Waals surface area contributed by atoms with Crippen LogP contribution in [-0.2, 0) is 19.2 Å². The predicted molar refractivity (Wildman–Crippen MR) is 149 cm³/mol. The second kappa shape index (κ2) is 13.4. The van der Waals surface area contributed by atoms with Crippen molar-refractivity contribution in [3.63, 3.8) is 0 Å². The lowest BCUT2D eigenvalue weighted by molar-refractivity contribution is -0.162. The summed E-state index contributed by atoms with van der Waals surface area (Å²) in [6.07, 6.45) is -1.14. The van der Waals surface area contributed by atoms with Crippen LogP contribution in [-0.4, -0.2) is 64.7 Å². The summed E-state index contributed by atoms with van der Waals surface area (Å²) in [5.74, 6) is -4.46. The molecular formula is C28H41N3O6S. The van der Waals surface area contributed by atoms with E-state index >= 15 is 0 Å². The summed E-state index contributed by atoms with van der Waals surface area (Å²) in [4.78, 5) is 54.2. The summed E-state index contributed by atoms with van der Waals surface area (Å²) < 4.78 is 5.46. The lowest BCUT2D eigenvalue weighted by Gasteiger charge is -2.48. The number of thiocarbonyl (C=S) groups is 1. The van der Waals surface area contributed by atoms with E-state index in [2.05, 4.69) is 10.6 Å². The van der Waals surface area contributed by atoms with Gasteiger partial charge in [0, 0.05) is 12.6 Å². The summed E-state index contributed by atoms with van der Waals surface area (Å²) >= 11 is 5.37. The zero-order valence-electron chi connectivity index (χ0n) is 23.0. The minimum absolute atomic E-state index is 0.0656. The van der Waals surface area contributed by atoms with Crippen molar-refractivity contribution in [2.45, 2.75) is 66.2 Å². The number of ketones is 2. The fraction of sp³-hybridized carbons (Fsp3) is 0.607. The molecule has 1 aromatic rings. The highest BCUT2D eigenvalue weighted by molar-refractivity contribution is 7.82. The van der Waals surface area contributed by atoms with Crippen molar-refractivity contribution < 1.29 is 29.0 Å². The maximum absolute atomic E-state index is 14.2. The fourth-order valence-electron chi connectivity index (χ4n) is 4.97. The summed E-state index contributed by atoms with van der Waals surface area (Å²) in [6.45, 7) is 10.7. The zero-order chi connectivity index (χ0) is 28.8. The highest BCUT2D eigenvalue weighted by Crippen LogP contribution is 2.45. The van der Waals surface area contributed by atoms with Crippen molar-refractivity contribution in [2.24, 2.45) is 34.8 Å². The number of carbonyl (C=O) groups excluding carboxylic acids is 4. The van der Waals surface area contributed by atoms with Crippen molar-refractivity contribution in [3.05, 3.63) is 30.3 Å². The Morgan fingerprint density at radius 1 is 1.08 bits per heavy atom. The Balaban J connectivity index is 2.49. The largest absolute Gasteiger partial charge is 0.484 e. The van der Waals surface area contributed by atoms with Crippen molar-refractivity contribution in [1.29, 1.82) is 0 Å². The van der Waals surface area contributed by atoms with E-state index in [1.54, 1.807) is 44.2 Å². The number of para-hydroxylation sites is 1. The van der Waals surface area contributed by atoms with E-state index in [-0.39, 0.29) is 23.2 Å². The number of rotatable bonds is 12. The van der Waals surface area contributed by atoms with Crippen molar-refractivity contribution in [3.8, 4) is 5.75 Å². The Morgan fingerprint density at radius 2 is 1.68 bits per heavy atom. The van der Waals surface area contributed by atoms with Crippen LogP contribution in [0.4, 0.5) is 0 Å². The van der Waals surface area contributed by atoms with E-state index < -0.39 is 65.4 Å². The first-order chi connectivity index (χ1) is 17.7. The Kier molecular flexibility index (Phi) is 11.1. The predicted octanol–water partition coefficient (Wildman–Crippen LogP) is 1.84. The number of benzene rings is 1. The van der Waals surface area contributed by atoms with Gasteiger partial charge in [-0.1, -0.05) is 72.0 Å². The Hall–Kier alpha value is -2.69. The molecule has 0 aromatic heterocycles. The van der Waals surface area contributed by atoms with E-state index in [9.17, 15) is 24.3 Å². The van der Waals surface area contributed by atoms with Crippen LogP contribution in [0.15, 0.2) is 30.3 Å². The molecule has 0 radical (unpaired) electrons. The third kappa shape index (κ3) is 6.84. The van der Waals surface area contributed by atoms with Gasteiger partial charge in [-0.25, -0.2) is 0 Å². The van der Waals surface area contributed by atoms with Gasteiger partial charge in [-0.2, -0.15) is 0 Å². The third-order valence-corrected chi connectivity index (χ3v) is 7.28. The molecule has 0 aliphatic heterocycles. The molecule has 1 fully saturated rings. The molecule has 0 saturated heterocycles. The number of hydrogen-bond donors (Lipinski definition) is 4. The molecule has 0 spiro atoms. The normalized spacial score (nSPS) is 23.5. The van der Waals surface area contributed by atoms with Crippen molar-refractivity contribution in [1.82, 2.24) is 10.6 Å². The van der Waals surface area contributed by atoms with Crippen molar-refractivity contribution >= 4 is 40.5 Å². The molecule has 2 unspecified atom stereocenters. The van der Waals surface area contributed by atoms with Crippen LogP contribution >= 0.6 is 12.2 Å². The summed E-state index contributed by atoms with van der Waals surface area (Å²) in [5.41, 5.74) is 4.28. The van der Waals surface area contributed by atoms with Crippen LogP contribution in [0.5, 0.6) is 5.75 Å². The second-order valence-corrected chi connectivity index (χ2v) is 11.5. The number of aliphatic hydroxyl groups is 1. The molecule has 0 heterocycles. The summed E-state index contributed by atoms with van der Waals surface area (Å²) in [6, 6.07) is 6.22. The van der Waals surface area contributed by atoms with Gasteiger partial charge in [0.25, 0.3) is 5.91 Å². The van der Waals surface area contributed by atoms with Gasteiger partial charge in [-0.15, -0.1) is 0 Å². The lowest BCUT2D eigenvalue weighted by Crippen LogP contribution is -2.72. The molecule has 2 amide bonds. The van der Waals surface area contributed by atoms with Gasteiger partial charge in [-0.3, -0.25) is 19.2 Å². The smallest absolute Gasteiger partial charge is 0.258 e. The van der Waals surface area contributed by atoms with E-state index in [1.165, 1.54) is 0 Å². The molecule has 210 valence electrons. The zero-order valence-corrected chi connectivity index (χ0v) is 23.8. The molecule has 1 aliphatic carbocycles. The molecule has 38 heavy (non-hydrogen) atoms. The average Bonchev–Trinajstić information content (AvgIpc) is 2.85. The molecular weight excluding hydrogens is 506 g/mol. The average molecular weight is 548 g/mol. The summed E-state index contributed by atoms with van der Waals surface area (Å²) in [5, 5.41) is 16.6. The standard InChI is InChI=1S/C28H41N3O6S/c1-15(2)12-19(29)23(33)21-24(34)25(38)22(31-20(32)14-37-18-10-8-7-9-11-18)26(35)28(21,17(5)6)27(36)30-13-16(3)4/h7-11,15-17,19,21-23,33H,12-14,29H2,1-6H3,(H,30,36)(H,31,32)/t19-,21?,22?,23+,28-/m0/s1. The molecule has 9 nitrogen and oxygen atoms in total. The number of nitrogens with two attached hydrogens (primary N) is 1. The number of nitrogens with one attached hydrogen (secondary N) is 2. The van der Waals surface area contributed by atoms with E-state index in [4.69, 9.17) is 22.7 Å². The van der Waals surface area contributed by atoms with Crippen LogP contribution in [0.1, 0.15) is 48.0 Å². The fourth-order valence-corrected chi connectivity index (χ4v) is 5.26. The van der Waals surface area contributed by atoms with Crippen LogP contribution in [0.2, 0.25) is 0 Å². The molecule has 5 atom stereocenters. The van der Waals surface area contributed by atoms with E-state index in [0.717, 1.165) is 0 Å². The maximum Gasteiger partial charge on any atom is 0.258 e. The van der Waals surface area contributed by atoms with Gasteiger partial charge in [-0.05, 0) is 36.3 Å². The highest BCUT2D eigenvalue weighted by Gasteiger charge is 2.65. The van der Waals surface area contributed by atoms with Crippen LogP contribution < -0.4 is 21.1 Å². The number of aliphatic hydroxyl groups excluding tert-OH is 1. The maximum atomic E-state index is 14.2.